The van der Waals surface area contributed by atoms with Gasteiger partial charge in [-0.15, -0.1) is 0 Å². The van der Waals surface area contributed by atoms with Crippen LogP contribution < -0.4 is 0 Å². The van der Waals surface area contributed by atoms with Crippen molar-refractivity contribution in [2.75, 3.05) is 0 Å². The Morgan fingerprint density at radius 3 is 2.00 bits per heavy atom. The predicted molar refractivity (Wildman–Crippen MR) is 77.5 cm³/mol. The summed E-state index contributed by atoms with van der Waals surface area (Å²) in [7, 11) is 0. The number of carbonyl (C=O) groups is 3. The monoisotopic (exact) mass is 294 g/mol. The van der Waals surface area contributed by atoms with E-state index in [2.05, 4.69) is 0 Å². The Bertz CT molecular complexity index is 509. The minimum Gasteiger partial charge on any atom is -0.460 e. The van der Waals surface area contributed by atoms with Gasteiger partial charge in [0.15, 0.2) is 5.78 Å². The van der Waals surface area contributed by atoms with E-state index in [0.29, 0.717) is 11.1 Å². The molecule has 0 amide bonds. The number of rotatable bonds is 3. The van der Waals surface area contributed by atoms with Crippen molar-refractivity contribution in [1.29, 1.82) is 0 Å². The van der Waals surface area contributed by atoms with Crippen molar-refractivity contribution in [1.82, 2.24) is 0 Å². The van der Waals surface area contributed by atoms with Gasteiger partial charge in [-0.2, -0.15) is 0 Å². The highest BCUT2D eigenvalue weighted by Crippen LogP contribution is 2.26. The summed E-state index contributed by atoms with van der Waals surface area (Å²) in [4.78, 5) is 35.1. The van der Waals surface area contributed by atoms with Crippen LogP contribution in [0.25, 0.3) is 0 Å². The number of ether oxygens (including phenoxy) is 2. The van der Waals surface area contributed by atoms with Crippen LogP contribution >= 0.6 is 0 Å². The first-order chi connectivity index (χ1) is 9.42. The Labute approximate surface area is 125 Å². The van der Waals surface area contributed by atoms with E-state index < -0.39 is 29.6 Å². The summed E-state index contributed by atoms with van der Waals surface area (Å²) in [5, 5.41) is 0. The van der Waals surface area contributed by atoms with Gasteiger partial charge in [-0.1, -0.05) is 0 Å². The molecule has 0 aliphatic heterocycles. The molecule has 0 heterocycles. The smallest absolute Gasteiger partial charge is 0.318 e. The number of hydrogen-bond donors (Lipinski definition) is 0. The minimum absolute atomic E-state index is 0.0735. The molecule has 0 fully saturated rings. The van der Waals surface area contributed by atoms with Gasteiger partial charge in [0.05, 0.1) is 0 Å². The Balaban J connectivity index is 2.71. The molecule has 21 heavy (non-hydrogen) atoms. The van der Waals surface area contributed by atoms with E-state index in [1.807, 2.05) is 0 Å². The molecule has 1 aliphatic carbocycles. The van der Waals surface area contributed by atoms with E-state index in [4.69, 9.17) is 9.47 Å². The predicted octanol–water partition coefficient (Wildman–Crippen LogP) is 2.50. The average Bonchev–Trinajstić information content (AvgIpc) is 2.21. The lowest BCUT2D eigenvalue weighted by molar-refractivity contribution is -0.164. The normalized spacial score (nSPS) is 17.7. The number of ketones is 1. The topological polar surface area (TPSA) is 69.7 Å². The molecule has 0 atom stereocenters. The second kappa shape index (κ2) is 5.84. The fourth-order valence-electron chi connectivity index (χ4n) is 2.18. The van der Waals surface area contributed by atoms with E-state index in [0.717, 1.165) is 0 Å². The van der Waals surface area contributed by atoms with Crippen molar-refractivity contribution in [2.24, 2.45) is 0 Å². The number of carbonyl (C=O) groups excluding carboxylic acids is 3. The molecule has 5 heteroatoms. The molecule has 1 rings (SSSR count). The van der Waals surface area contributed by atoms with Crippen LogP contribution in [0.1, 0.15) is 48.0 Å². The van der Waals surface area contributed by atoms with Gasteiger partial charge in [-0.3, -0.25) is 14.4 Å². The van der Waals surface area contributed by atoms with Crippen LogP contribution in [0.3, 0.4) is 0 Å². The van der Waals surface area contributed by atoms with E-state index in [1.54, 1.807) is 53.7 Å². The van der Waals surface area contributed by atoms with Gasteiger partial charge in [-0.05, 0) is 64.8 Å². The first kappa shape index (κ1) is 17.1. The van der Waals surface area contributed by atoms with Crippen LogP contribution in [0.15, 0.2) is 23.3 Å². The largest absolute Gasteiger partial charge is 0.460 e. The van der Waals surface area contributed by atoms with Gasteiger partial charge >= 0.3 is 11.9 Å². The molecule has 0 saturated heterocycles. The average molecular weight is 294 g/mol. The number of allylic oxidation sites excluding steroid dienone is 2. The zero-order chi connectivity index (χ0) is 16.4. The molecule has 0 aromatic carbocycles. The van der Waals surface area contributed by atoms with Crippen LogP contribution in [0.2, 0.25) is 0 Å². The van der Waals surface area contributed by atoms with Gasteiger partial charge in [0.25, 0.3) is 0 Å². The summed E-state index contributed by atoms with van der Waals surface area (Å²) in [6, 6.07) is 0. The molecular formula is C16H22O5. The lowest BCUT2D eigenvalue weighted by atomic mass is 9.89. The lowest BCUT2D eigenvalue weighted by Crippen LogP contribution is -2.33. The molecule has 0 N–H and O–H groups in total. The number of esters is 2. The third-order valence-electron chi connectivity index (χ3n) is 2.76. The molecule has 0 radical (unpaired) electrons. The highest BCUT2D eigenvalue weighted by molar-refractivity contribution is 6.08. The van der Waals surface area contributed by atoms with Crippen molar-refractivity contribution in [3.05, 3.63) is 23.3 Å². The third-order valence-corrected chi connectivity index (χ3v) is 2.76. The summed E-state index contributed by atoms with van der Waals surface area (Å²) < 4.78 is 10.4. The van der Waals surface area contributed by atoms with Crippen LogP contribution in [-0.2, 0) is 23.9 Å². The standard InChI is InChI=1S/C16H22O5/c1-10-8-16(6,9-11(2)14(10)19)21-13(18)7-12(17)20-15(3,4)5/h8-9H,7H2,1-6H3. The molecule has 0 aromatic heterocycles. The van der Waals surface area contributed by atoms with Crippen molar-refractivity contribution >= 4 is 17.7 Å². The Morgan fingerprint density at radius 1 is 1.10 bits per heavy atom. The minimum atomic E-state index is -1.01. The molecule has 1 aliphatic rings. The Hall–Kier alpha value is -1.91. The van der Waals surface area contributed by atoms with Crippen LogP contribution in [0.5, 0.6) is 0 Å². The zero-order valence-corrected chi connectivity index (χ0v) is 13.4. The summed E-state index contributed by atoms with van der Waals surface area (Å²) in [6.45, 7) is 10.2. The fraction of sp³-hybridized carbons (Fsp3) is 0.562. The third kappa shape index (κ3) is 5.17. The maximum Gasteiger partial charge on any atom is 0.318 e. The van der Waals surface area contributed by atoms with Gasteiger partial charge < -0.3 is 9.47 Å². The Kier molecular flexibility index (Phi) is 4.76. The second-order valence-corrected chi connectivity index (χ2v) is 6.40. The summed E-state index contributed by atoms with van der Waals surface area (Å²) in [5.41, 5.74) is -0.628. The second-order valence-electron chi connectivity index (χ2n) is 6.40. The summed E-state index contributed by atoms with van der Waals surface area (Å²) in [5.74, 6) is -1.39. The molecule has 0 saturated carbocycles. The molecule has 0 bridgehead atoms. The Morgan fingerprint density at radius 2 is 1.57 bits per heavy atom. The van der Waals surface area contributed by atoms with Crippen LogP contribution in [0, 0.1) is 0 Å². The van der Waals surface area contributed by atoms with Gasteiger partial charge in [0.2, 0.25) is 0 Å². The highest BCUT2D eigenvalue weighted by atomic mass is 16.6. The van der Waals surface area contributed by atoms with Crippen molar-refractivity contribution in [3.63, 3.8) is 0 Å². The maximum absolute atomic E-state index is 11.8. The molecule has 0 aromatic rings. The van der Waals surface area contributed by atoms with Crippen LogP contribution in [-0.4, -0.2) is 28.9 Å². The van der Waals surface area contributed by atoms with Crippen molar-refractivity contribution < 1.29 is 23.9 Å². The summed E-state index contributed by atoms with van der Waals surface area (Å²) in [6.07, 6.45) is 2.70. The quantitative estimate of drug-likeness (QED) is 0.591. The number of hydrogen-bond acceptors (Lipinski definition) is 5. The van der Waals surface area contributed by atoms with E-state index in [9.17, 15) is 14.4 Å². The van der Waals surface area contributed by atoms with Gasteiger partial charge in [0.1, 0.15) is 17.6 Å². The van der Waals surface area contributed by atoms with E-state index in [1.165, 1.54) is 0 Å². The SMILES string of the molecule is CC1=CC(C)(OC(=O)CC(=O)OC(C)(C)C)C=C(C)C1=O. The summed E-state index contributed by atoms with van der Waals surface area (Å²) >= 11 is 0. The first-order valence-corrected chi connectivity index (χ1v) is 6.79. The first-order valence-electron chi connectivity index (χ1n) is 6.79. The van der Waals surface area contributed by atoms with E-state index in [-0.39, 0.29) is 5.78 Å². The fourth-order valence-corrected chi connectivity index (χ4v) is 2.18. The lowest BCUT2D eigenvalue weighted by Gasteiger charge is -2.27. The molecule has 0 unspecified atom stereocenters. The maximum atomic E-state index is 11.8. The molecule has 5 nitrogen and oxygen atoms in total. The molecule has 116 valence electrons. The highest BCUT2D eigenvalue weighted by Gasteiger charge is 2.31. The molecular weight excluding hydrogens is 272 g/mol. The number of Topliss-reactive ketones (excluding diaryl/α,β-unsaturated/α-hetero) is 1. The van der Waals surface area contributed by atoms with Gasteiger partial charge in [-0.25, -0.2) is 0 Å². The van der Waals surface area contributed by atoms with Gasteiger partial charge in [0, 0.05) is 0 Å². The zero-order valence-electron chi connectivity index (χ0n) is 13.4. The van der Waals surface area contributed by atoms with Crippen LogP contribution in [0.4, 0.5) is 0 Å². The van der Waals surface area contributed by atoms with Crippen molar-refractivity contribution in [2.45, 2.75) is 59.2 Å². The molecule has 0 spiro atoms. The van der Waals surface area contributed by atoms with E-state index >= 15 is 0 Å². The van der Waals surface area contributed by atoms with Crippen molar-refractivity contribution in [3.8, 4) is 0 Å².